The Kier molecular flexibility index (Phi) is 7.17. The summed E-state index contributed by atoms with van der Waals surface area (Å²) in [6.45, 7) is 3.59. The van der Waals surface area contributed by atoms with Crippen LogP contribution in [0.2, 0.25) is 0 Å². The van der Waals surface area contributed by atoms with E-state index in [1.54, 1.807) is 14.5 Å². The van der Waals surface area contributed by atoms with Crippen LogP contribution in [-0.4, -0.2) is 40.6 Å². The fourth-order valence-corrected chi connectivity index (χ4v) is 5.86. The van der Waals surface area contributed by atoms with Crippen molar-refractivity contribution in [1.82, 2.24) is 9.78 Å². The van der Waals surface area contributed by atoms with Crippen molar-refractivity contribution in [3.63, 3.8) is 0 Å². The summed E-state index contributed by atoms with van der Waals surface area (Å²) in [5.74, 6) is -0.0626. The van der Waals surface area contributed by atoms with Gasteiger partial charge in [0.05, 0.1) is 6.04 Å². The molecule has 2 atom stereocenters. The maximum absolute atomic E-state index is 14.0. The number of hydrogen-bond donors (Lipinski definition) is 1. The Hall–Kier alpha value is -4.66. The summed E-state index contributed by atoms with van der Waals surface area (Å²) in [5, 5.41) is 4.58. The van der Waals surface area contributed by atoms with Crippen LogP contribution >= 0.6 is 0 Å². The summed E-state index contributed by atoms with van der Waals surface area (Å²) in [4.78, 5) is 42.2. The van der Waals surface area contributed by atoms with Gasteiger partial charge in [-0.15, -0.1) is 0 Å². The fraction of sp³-hybridized carbons (Fsp3) is 0.312. The Balaban J connectivity index is 1.25. The van der Waals surface area contributed by atoms with Crippen molar-refractivity contribution >= 4 is 29.1 Å². The molecule has 2 aliphatic heterocycles. The number of primary amides is 1. The lowest BCUT2D eigenvalue weighted by molar-refractivity contribution is -0.119. The van der Waals surface area contributed by atoms with Gasteiger partial charge < -0.3 is 20.3 Å². The van der Waals surface area contributed by atoms with E-state index in [1.165, 1.54) is 0 Å². The Labute approximate surface area is 238 Å². The number of anilines is 2. The Morgan fingerprint density at radius 2 is 1.71 bits per heavy atom. The highest BCUT2D eigenvalue weighted by molar-refractivity contribution is 6.09. The van der Waals surface area contributed by atoms with Gasteiger partial charge in [0.1, 0.15) is 18.1 Å². The van der Waals surface area contributed by atoms with Gasteiger partial charge in [0, 0.05) is 42.4 Å². The third kappa shape index (κ3) is 5.15. The van der Waals surface area contributed by atoms with E-state index in [0.29, 0.717) is 43.8 Å². The molecule has 210 valence electrons. The van der Waals surface area contributed by atoms with Crippen LogP contribution in [-0.2, 0) is 22.6 Å². The first-order valence-corrected chi connectivity index (χ1v) is 14.1. The van der Waals surface area contributed by atoms with Crippen molar-refractivity contribution < 1.29 is 19.1 Å². The number of nitrogens with two attached hydrogens (primary N) is 1. The molecular formula is C32H33N5O4. The SMILES string of the molecule is CC1C=C(OCc2ccccc2)C=CC1n1nc(C(N)=O)c2c1C(=O)N(c1ccc(N3CCCCC3=O)cc1)CC2. The van der Waals surface area contributed by atoms with Crippen LogP contribution in [0.4, 0.5) is 11.4 Å². The van der Waals surface area contributed by atoms with Crippen LogP contribution in [0.1, 0.15) is 64.3 Å². The lowest BCUT2D eigenvalue weighted by Gasteiger charge is -2.31. The van der Waals surface area contributed by atoms with Crippen molar-refractivity contribution in [2.45, 2.75) is 45.3 Å². The minimum atomic E-state index is -0.647. The van der Waals surface area contributed by atoms with Gasteiger partial charge in [-0.05, 0) is 61.2 Å². The molecule has 1 aromatic heterocycles. The number of fused-ring (bicyclic) bond motifs is 1. The Morgan fingerprint density at radius 1 is 0.976 bits per heavy atom. The molecule has 0 saturated carbocycles. The van der Waals surface area contributed by atoms with Gasteiger partial charge in [-0.2, -0.15) is 5.10 Å². The van der Waals surface area contributed by atoms with Crippen LogP contribution in [0.15, 0.2) is 78.6 Å². The van der Waals surface area contributed by atoms with Crippen molar-refractivity contribution in [3.05, 3.63) is 101 Å². The number of amides is 3. The maximum atomic E-state index is 14.0. The second kappa shape index (κ2) is 11.1. The number of nitrogens with zero attached hydrogens (tertiary/aromatic N) is 4. The van der Waals surface area contributed by atoms with E-state index in [-0.39, 0.29) is 29.5 Å². The van der Waals surface area contributed by atoms with Crippen LogP contribution in [0, 0.1) is 5.92 Å². The van der Waals surface area contributed by atoms with E-state index in [2.05, 4.69) is 5.10 Å². The molecule has 1 fully saturated rings. The second-order valence-corrected chi connectivity index (χ2v) is 10.8. The van der Waals surface area contributed by atoms with E-state index in [4.69, 9.17) is 10.5 Å². The summed E-state index contributed by atoms with van der Waals surface area (Å²) in [7, 11) is 0. The normalized spacial score (nSPS) is 20.6. The average Bonchev–Trinajstić information content (AvgIpc) is 3.38. The van der Waals surface area contributed by atoms with Gasteiger partial charge in [0.15, 0.2) is 5.69 Å². The number of hydrogen-bond acceptors (Lipinski definition) is 5. The molecule has 3 aliphatic rings. The first kappa shape index (κ1) is 26.6. The molecule has 9 heteroatoms. The number of carbonyl (C=O) groups excluding carboxylic acids is 3. The van der Waals surface area contributed by atoms with Gasteiger partial charge in [0.25, 0.3) is 11.8 Å². The number of piperidine rings is 1. The fourth-order valence-electron chi connectivity index (χ4n) is 5.86. The second-order valence-electron chi connectivity index (χ2n) is 10.8. The first-order chi connectivity index (χ1) is 19.9. The molecule has 3 heterocycles. The summed E-state index contributed by atoms with van der Waals surface area (Å²) in [5.41, 5.74) is 9.45. The predicted molar refractivity (Wildman–Crippen MR) is 155 cm³/mol. The van der Waals surface area contributed by atoms with Crippen molar-refractivity contribution in [3.8, 4) is 0 Å². The highest BCUT2D eigenvalue weighted by atomic mass is 16.5. The minimum absolute atomic E-state index is 0.0555. The van der Waals surface area contributed by atoms with E-state index in [1.807, 2.05) is 79.7 Å². The van der Waals surface area contributed by atoms with Crippen LogP contribution in [0.25, 0.3) is 0 Å². The number of aromatic nitrogens is 2. The molecule has 3 amide bonds. The molecule has 6 rings (SSSR count). The molecule has 0 bridgehead atoms. The smallest absolute Gasteiger partial charge is 0.276 e. The zero-order chi connectivity index (χ0) is 28.5. The molecule has 9 nitrogen and oxygen atoms in total. The summed E-state index contributed by atoms with van der Waals surface area (Å²) >= 11 is 0. The number of allylic oxidation sites excluding steroid dienone is 3. The van der Waals surface area contributed by atoms with Gasteiger partial charge in [-0.25, -0.2) is 0 Å². The summed E-state index contributed by atoms with van der Waals surface area (Å²) in [6.07, 6.45) is 8.78. The number of ether oxygens (including phenoxy) is 1. The quantitative estimate of drug-likeness (QED) is 0.463. The lowest BCUT2D eigenvalue weighted by atomic mass is 9.95. The molecule has 2 aromatic carbocycles. The molecule has 1 saturated heterocycles. The van der Waals surface area contributed by atoms with Gasteiger partial charge in [0.2, 0.25) is 5.91 Å². The zero-order valence-corrected chi connectivity index (χ0v) is 23.0. The van der Waals surface area contributed by atoms with Gasteiger partial charge >= 0.3 is 0 Å². The van der Waals surface area contributed by atoms with Gasteiger partial charge in [-0.1, -0.05) is 43.3 Å². The largest absolute Gasteiger partial charge is 0.489 e. The molecule has 1 aliphatic carbocycles. The third-order valence-corrected chi connectivity index (χ3v) is 8.03. The molecule has 3 aromatic rings. The summed E-state index contributed by atoms with van der Waals surface area (Å²) in [6, 6.07) is 17.2. The standard InChI is InChI=1S/C32H33N5O4/c1-21-19-25(41-20-22-7-3-2-4-8-22)14-15-27(21)37-30-26(29(34-37)31(33)39)16-18-36(32(30)40)24-12-10-23(11-13-24)35-17-6-5-9-28(35)38/h2-4,7-8,10-15,19,21,27H,5-6,9,16-18,20H2,1H3,(H2,33,39). The Bertz CT molecular complexity index is 1540. The van der Waals surface area contributed by atoms with Crippen LogP contribution in [0.3, 0.4) is 0 Å². The minimum Gasteiger partial charge on any atom is -0.489 e. The molecular weight excluding hydrogens is 518 g/mol. The Morgan fingerprint density at radius 3 is 2.39 bits per heavy atom. The first-order valence-electron chi connectivity index (χ1n) is 14.1. The lowest BCUT2D eigenvalue weighted by Crippen LogP contribution is -2.40. The van der Waals surface area contributed by atoms with Crippen molar-refractivity contribution in [2.24, 2.45) is 11.7 Å². The predicted octanol–water partition coefficient (Wildman–Crippen LogP) is 4.55. The van der Waals surface area contributed by atoms with Crippen molar-refractivity contribution in [2.75, 3.05) is 22.9 Å². The molecule has 2 unspecified atom stereocenters. The van der Waals surface area contributed by atoms with Crippen molar-refractivity contribution in [1.29, 1.82) is 0 Å². The van der Waals surface area contributed by atoms with E-state index < -0.39 is 5.91 Å². The van der Waals surface area contributed by atoms with Crippen LogP contribution < -0.4 is 15.5 Å². The topological polar surface area (TPSA) is 111 Å². The molecule has 2 N–H and O–H groups in total. The number of benzene rings is 2. The highest BCUT2D eigenvalue weighted by Gasteiger charge is 2.37. The number of rotatable bonds is 7. The van der Waals surface area contributed by atoms with E-state index in [9.17, 15) is 14.4 Å². The third-order valence-electron chi connectivity index (χ3n) is 8.03. The average molecular weight is 552 g/mol. The van der Waals surface area contributed by atoms with E-state index >= 15 is 0 Å². The maximum Gasteiger partial charge on any atom is 0.276 e. The highest BCUT2D eigenvalue weighted by Crippen LogP contribution is 2.34. The molecule has 41 heavy (non-hydrogen) atoms. The van der Waals surface area contributed by atoms with Gasteiger partial charge in [-0.3, -0.25) is 19.1 Å². The zero-order valence-electron chi connectivity index (χ0n) is 23.0. The van der Waals surface area contributed by atoms with E-state index in [0.717, 1.165) is 35.5 Å². The number of carbonyl (C=O) groups is 3. The molecule has 0 spiro atoms. The molecule has 0 radical (unpaired) electrons. The summed E-state index contributed by atoms with van der Waals surface area (Å²) < 4.78 is 7.66. The monoisotopic (exact) mass is 551 g/mol. The van der Waals surface area contributed by atoms with Crippen LogP contribution in [0.5, 0.6) is 0 Å².